The summed E-state index contributed by atoms with van der Waals surface area (Å²) in [5, 5.41) is 38.2. The molecule has 1 aromatic heterocycles. The van der Waals surface area contributed by atoms with E-state index in [1.807, 2.05) is 13.8 Å². The number of fused-ring (bicyclic) bond motifs is 1. The summed E-state index contributed by atoms with van der Waals surface area (Å²) in [4.78, 5) is 23.7. The van der Waals surface area contributed by atoms with Gasteiger partial charge in [0.1, 0.15) is 6.04 Å². The molecule has 0 spiro atoms. The fourth-order valence-corrected chi connectivity index (χ4v) is 6.12. The average Bonchev–Trinajstić information content (AvgIpc) is 3.49. The molecule has 2 N–H and O–H groups in total. The largest absolute Gasteiger partial charge is 0.481 e. The molecule has 2 heterocycles. The molecule has 208 valence electrons. The van der Waals surface area contributed by atoms with Crippen LogP contribution in [0.1, 0.15) is 97.0 Å². The van der Waals surface area contributed by atoms with E-state index in [9.17, 15) is 20.0 Å². The Morgan fingerprint density at radius 1 is 1.18 bits per heavy atom. The van der Waals surface area contributed by atoms with Crippen LogP contribution in [0.2, 0.25) is 0 Å². The Morgan fingerprint density at radius 2 is 1.84 bits per heavy atom. The zero-order valence-electron chi connectivity index (χ0n) is 22.8. The maximum atomic E-state index is 12.3. The van der Waals surface area contributed by atoms with Crippen LogP contribution in [-0.2, 0) is 10.3 Å². The minimum Gasteiger partial charge on any atom is -0.481 e. The molecule has 1 saturated carbocycles. The zero-order valence-corrected chi connectivity index (χ0v) is 22.8. The van der Waals surface area contributed by atoms with Gasteiger partial charge in [-0.25, -0.2) is 4.68 Å². The Balaban J connectivity index is 1.85. The molecule has 1 aliphatic heterocycles. The number of nitrogens with zero attached hydrogens (tertiary/aromatic N) is 5. The number of aromatic nitrogens is 4. The van der Waals surface area contributed by atoms with E-state index >= 15 is 0 Å². The van der Waals surface area contributed by atoms with E-state index in [1.54, 1.807) is 10.7 Å². The highest BCUT2D eigenvalue weighted by molar-refractivity contribution is 5.67. The van der Waals surface area contributed by atoms with Gasteiger partial charge < -0.3 is 14.6 Å². The van der Waals surface area contributed by atoms with Gasteiger partial charge >= 0.3 is 5.97 Å². The number of nitrogens with one attached hydrogen (secondary N) is 1. The van der Waals surface area contributed by atoms with E-state index in [0.29, 0.717) is 22.9 Å². The van der Waals surface area contributed by atoms with Gasteiger partial charge in [-0.15, -0.1) is 5.10 Å². The number of benzene rings is 1. The van der Waals surface area contributed by atoms with E-state index in [2.05, 4.69) is 41.6 Å². The molecule has 2 aliphatic rings. The summed E-state index contributed by atoms with van der Waals surface area (Å²) >= 11 is 0. The van der Waals surface area contributed by atoms with Crippen molar-refractivity contribution in [3.05, 3.63) is 33.6 Å². The second kappa shape index (κ2) is 10.8. The van der Waals surface area contributed by atoms with Crippen molar-refractivity contribution < 1.29 is 24.3 Å². The SMILES string of the molecule is CC(C)(C)CC(C)(C)n1nnnc1C(NC(CC(=O)O)C1CCCCC1)c1cc2c(cc1[N+](=O)[O-])OCO2. The van der Waals surface area contributed by atoms with Gasteiger partial charge in [-0.3, -0.25) is 20.2 Å². The van der Waals surface area contributed by atoms with Crippen molar-refractivity contribution in [2.45, 2.75) is 97.2 Å². The minimum absolute atomic E-state index is 0.0336. The average molecular weight is 531 g/mol. The van der Waals surface area contributed by atoms with E-state index in [-0.39, 0.29) is 30.2 Å². The lowest BCUT2D eigenvalue weighted by atomic mass is 9.81. The molecular formula is C26H38N6O6. The first-order valence-corrected chi connectivity index (χ1v) is 13.2. The number of rotatable bonds is 10. The summed E-state index contributed by atoms with van der Waals surface area (Å²) < 4.78 is 12.7. The van der Waals surface area contributed by atoms with Crippen molar-refractivity contribution in [2.24, 2.45) is 11.3 Å². The highest BCUT2D eigenvalue weighted by atomic mass is 16.7. The van der Waals surface area contributed by atoms with Gasteiger partial charge in [-0.05, 0) is 60.9 Å². The predicted octanol–water partition coefficient (Wildman–Crippen LogP) is 4.58. The molecule has 4 rings (SSSR count). The molecule has 1 aliphatic carbocycles. The summed E-state index contributed by atoms with van der Waals surface area (Å²) in [5.41, 5.74) is -0.454. The van der Waals surface area contributed by atoms with Crippen LogP contribution in [0.15, 0.2) is 12.1 Å². The van der Waals surface area contributed by atoms with E-state index in [4.69, 9.17) is 9.47 Å². The molecule has 1 fully saturated rings. The summed E-state index contributed by atoms with van der Waals surface area (Å²) in [6, 6.07) is 1.66. The normalized spacial score (nSPS) is 17.8. The lowest BCUT2D eigenvalue weighted by molar-refractivity contribution is -0.385. The number of aliphatic carboxylic acids is 1. The number of ether oxygens (including phenoxy) is 2. The first-order valence-electron chi connectivity index (χ1n) is 13.2. The van der Waals surface area contributed by atoms with Crippen LogP contribution < -0.4 is 14.8 Å². The molecule has 12 heteroatoms. The van der Waals surface area contributed by atoms with E-state index in [1.165, 1.54) is 6.07 Å². The van der Waals surface area contributed by atoms with Crippen LogP contribution in [0.3, 0.4) is 0 Å². The molecule has 0 saturated heterocycles. The van der Waals surface area contributed by atoms with Crippen molar-refractivity contribution in [3.63, 3.8) is 0 Å². The van der Waals surface area contributed by atoms with Crippen molar-refractivity contribution in [1.82, 2.24) is 25.5 Å². The standard InChI is InChI=1S/C26H38N6O6/c1-25(2,3)14-26(4,5)31-24(28-29-30-31)23(27-18(12-22(33)34)16-9-7-6-8-10-16)17-11-20-21(38-15-37-20)13-19(17)32(35)36/h11,13,16,18,23,27H,6-10,12,14-15H2,1-5H3,(H,33,34). The van der Waals surface area contributed by atoms with Crippen LogP contribution >= 0.6 is 0 Å². The van der Waals surface area contributed by atoms with Crippen molar-refractivity contribution in [1.29, 1.82) is 0 Å². The molecule has 2 atom stereocenters. The highest BCUT2D eigenvalue weighted by Gasteiger charge is 2.39. The number of carbonyl (C=O) groups is 1. The van der Waals surface area contributed by atoms with E-state index < -0.39 is 28.5 Å². The molecule has 1 aromatic carbocycles. The van der Waals surface area contributed by atoms with Crippen molar-refractivity contribution in [3.8, 4) is 11.5 Å². The maximum absolute atomic E-state index is 12.3. The Kier molecular flexibility index (Phi) is 7.91. The topological polar surface area (TPSA) is 155 Å². The maximum Gasteiger partial charge on any atom is 0.304 e. The van der Waals surface area contributed by atoms with Gasteiger partial charge in [0.2, 0.25) is 6.79 Å². The molecule has 0 bridgehead atoms. The summed E-state index contributed by atoms with van der Waals surface area (Å²) in [6.07, 6.45) is 5.55. The number of carboxylic acid groups (broad SMARTS) is 1. The van der Waals surface area contributed by atoms with Gasteiger partial charge in [-0.2, -0.15) is 0 Å². The van der Waals surface area contributed by atoms with Crippen LogP contribution in [-0.4, -0.2) is 49.0 Å². The molecule has 12 nitrogen and oxygen atoms in total. The molecule has 0 radical (unpaired) electrons. The zero-order chi connectivity index (χ0) is 27.7. The third-order valence-electron chi connectivity index (χ3n) is 7.31. The summed E-state index contributed by atoms with van der Waals surface area (Å²) in [7, 11) is 0. The predicted molar refractivity (Wildman–Crippen MR) is 138 cm³/mol. The number of nitro benzene ring substituents is 1. The van der Waals surface area contributed by atoms with Crippen LogP contribution in [0.4, 0.5) is 5.69 Å². The van der Waals surface area contributed by atoms with Crippen LogP contribution in [0, 0.1) is 21.4 Å². The van der Waals surface area contributed by atoms with Crippen molar-refractivity contribution in [2.75, 3.05) is 6.79 Å². The first-order chi connectivity index (χ1) is 17.9. The smallest absolute Gasteiger partial charge is 0.304 e. The molecule has 2 unspecified atom stereocenters. The fourth-order valence-electron chi connectivity index (χ4n) is 6.12. The quantitative estimate of drug-likeness (QED) is 0.329. The number of nitro groups is 1. The Hall–Kier alpha value is -3.28. The summed E-state index contributed by atoms with van der Waals surface area (Å²) in [6.45, 7) is 10.4. The molecule has 2 aromatic rings. The number of hydrogen-bond acceptors (Lipinski definition) is 9. The Labute approximate surface area is 222 Å². The first kappa shape index (κ1) is 27.7. The third kappa shape index (κ3) is 6.23. The monoisotopic (exact) mass is 530 g/mol. The molecule has 38 heavy (non-hydrogen) atoms. The second-order valence-corrected chi connectivity index (χ2v) is 12.2. The summed E-state index contributed by atoms with van der Waals surface area (Å²) in [5.74, 6) is 0.244. The van der Waals surface area contributed by atoms with Gasteiger partial charge in [0, 0.05) is 6.04 Å². The third-order valence-corrected chi connectivity index (χ3v) is 7.31. The van der Waals surface area contributed by atoms with Gasteiger partial charge in [0.15, 0.2) is 17.3 Å². The fraction of sp³-hybridized carbons (Fsp3) is 0.692. The number of hydrogen-bond donors (Lipinski definition) is 2. The van der Waals surface area contributed by atoms with Gasteiger partial charge in [-0.1, -0.05) is 40.0 Å². The van der Waals surface area contributed by atoms with Crippen LogP contribution in [0.25, 0.3) is 0 Å². The van der Waals surface area contributed by atoms with Gasteiger partial charge in [0.25, 0.3) is 5.69 Å². The second-order valence-electron chi connectivity index (χ2n) is 12.2. The molecular weight excluding hydrogens is 492 g/mol. The Morgan fingerprint density at radius 3 is 2.45 bits per heavy atom. The van der Waals surface area contributed by atoms with Crippen molar-refractivity contribution >= 4 is 11.7 Å². The molecule has 0 amide bonds. The highest BCUT2D eigenvalue weighted by Crippen LogP contribution is 2.43. The number of carboxylic acids is 1. The minimum atomic E-state index is -0.931. The lowest BCUT2D eigenvalue weighted by Crippen LogP contribution is -2.44. The van der Waals surface area contributed by atoms with E-state index in [0.717, 1.165) is 38.5 Å². The Bertz CT molecular complexity index is 1170. The van der Waals surface area contributed by atoms with Gasteiger partial charge in [0.05, 0.1) is 28.5 Å². The number of tetrazole rings is 1. The van der Waals surface area contributed by atoms with Crippen LogP contribution in [0.5, 0.6) is 11.5 Å². The lowest BCUT2D eigenvalue weighted by Gasteiger charge is -2.36.